The van der Waals surface area contributed by atoms with Gasteiger partial charge in [0.25, 0.3) is 0 Å². The highest BCUT2D eigenvalue weighted by molar-refractivity contribution is 5.83. The summed E-state index contributed by atoms with van der Waals surface area (Å²) in [7, 11) is 3.95. The van der Waals surface area contributed by atoms with Crippen LogP contribution in [0.3, 0.4) is 0 Å². The molecule has 0 aromatic carbocycles. The average Bonchev–Trinajstić information content (AvgIpc) is 3.25. The molecule has 2 unspecified atom stereocenters. The van der Waals surface area contributed by atoms with Gasteiger partial charge in [0.15, 0.2) is 0 Å². The van der Waals surface area contributed by atoms with Gasteiger partial charge in [-0.05, 0) is 103 Å². The van der Waals surface area contributed by atoms with Crippen LogP contribution in [0.1, 0.15) is 239 Å². The minimum Gasteiger partial charge on any atom is -0.466 e. The number of hydrogen-bond acceptors (Lipinski definition) is 7. The van der Waals surface area contributed by atoms with E-state index in [0.717, 1.165) is 122 Å². The standard InChI is InChI=1S/C53H100N2O6/c1-6-9-12-15-17-18-19-20-21-22-23-24-25-27-34-43-51(57)60-46-37-29-33-42-50(41-32-28-36-45-56)54(4)44-35-38-47-61-52(58)48-55(5)53(59)49(39-30-14-11-8-3)40-31-26-16-13-10-7-2/h17-18,20-21,49-50,56H,6-16,19,22-48H2,1-5H3/b18-17-,21-20-. The highest BCUT2D eigenvalue weighted by Gasteiger charge is 2.23. The van der Waals surface area contributed by atoms with Crippen molar-refractivity contribution < 1.29 is 29.0 Å². The maximum absolute atomic E-state index is 13.4. The largest absolute Gasteiger partial charge is 0.466 e. The smallest absolute Gasteiger partial charge is 0.325 e. The summed E-state index contributed by atoms with van der Waals surface area (Å²) < 4.78 is 11.1. The van der Waals surface area contributed by atoms with Gasteiger partial charge in [-0.15, -0.1) is 0 Å². The lowest BCUT2D eigenvalue weighted by molar-refractivity contribution is -0.150. The number of allylic oxidation sites excluding steroid dienone is 4. The lowest BCUT2D eigenvalue weighted by atomic mass is 9.93. The molecule has 1 amide bonds. The van der Waals surface area contributed by atoms with Crippen LogP contribution in [0.25, 0.3) is 0 Å². The Bertz CT molecular complexity index is 1050. The van der Waals surface area contributed by atoms with Crippen molar-refractivity contribution in [3.8, 4) is 0 Å². The summed E-state index contributed by atoms with van der Waals surface area (Å²) in [5.41, 5.74) is 0. The number of rotatable bonds is 46. The average molecular weight is 861 g/mol. The number of hydrogen-bond donors (Lipinski definition) is 1. The Balaban J connectivity index is 4.33. The fourth-order valence-electron chi connectivity index (χ4n) is 8.09. The quantitative estimate of drug-likeness (QED) is 0.0370. The number of esters is 2. The minimum absolute atomic E-state index is 0.00123. The topological polar surface area (TPSA) is 96.4 Å². The number of amides is 1. The summed E-state index contributed by atoms with van der Waals surface area (Å²) in [5, 5.41) is 9.26. The maximum atomic E-state index is 13.4. The van der Waals surface area contributed by atoms with Crippen molar-refractivity contribution in [1.82, 2.24) is 9.80 Å². The number of carbonyl (C=O) groups excluding carboxylic acids is 3. The third kappa shape index (κ3) is 39.2. The van der Waals surface area contributed by atoms with E-state index < -0.39 is 0 Å². The highest BCUT2D eigenvalue weighted by Crippen LogP contribution is 2.22. The molecule has 61 heavy (non-hydrogen) atoms. The highest BCUT2D eigenvalue weighted by atomic mass is 16.5. The van der Waals surface area contributed by atoms with Gasteiger partial charge in [-0.1, -0.05) is 167 Å². The van der Waals surface area contributed by atoms with Gasteiger partial charge in [0.1, 0.15) is 6.54 Å². The van der Waals surface area contributed by atoms with Crippen LogP contribution in [0.2, 0.25) is 0 Å². The molecule has 0 aromatic heterocycles. The molecule has 0 aliphatic heterocycles. The Kier molecular flexibility index (Phi) is 44.2. The molecule has 2 atom stereocenters. The maximum Gasteiger partial charge on any atom is 0.325 e. The molecular weight excluding hydrogens is 761 g/mol. The van der Waals surface area contributed by atoms with Crippen molar-refractivity contribution >= 4 is 17.8 Å². The normalized spacial score (nSPS) is 12.8. The molecule has 8 nitrogen and oxygen atoms in total. The van der Waals surface area contributed by atoms with Crippen LogP contribution in [0.4, 0.5) is 0 Å². The first-order chi connectivity index (χ1) is 29.8. The van der Waals surface area contributed by atoms with Gasteiger partial charge in [0.05, 0.1) is 13.2 Å². The van der Waals surface area contributed by atoms with Crippen molar-refractivity contribution in [3.05, 3.63) is 24.3 Å². The molecule has 0 spiro atoms. The van der Waals surface area contributed by atoms with Crippen LogP contribution in [0.5, 0.6) is 0 Å². The molecule has 0 aromatic rings. The minimum atomic E-state index is -0.317. The van der Waals surface area contributed by atoms with Gasteiger partial charge in [0.2, 0.25) is 5.91 Å². The zero-order valence-electron chi connectivity index (χ0n) is 40.9. The molecule has 0 saturated carbocycles. The second-order valence-electron chi connectivity index (χ2n) is 18.0. The molecule has 0 heterocycles. The van der Waals surface area contributed by atoms with Crippen molar-refractivity contribution in [1.29, 1.82) is 0 Å². The van der Waals surface area contributed by atoms with E-state index in [0.29, 0.717) is 25.7 Å². The Labute approximate surface area is 377 Å². The number of nitrogens with zero attached hydrogens (tertiary/aromatic N) is 2. The number of aliphatic hydroxyl groups is 1. The third-order valence-corrected chi connectivity index (χ3v) is 12.2. The summed E-state index contributed by atoms with van der Waals surface area (Å²) >= 11 is 0. The van der Waals surface area contributed by atoms with Crippen molar-refractivity contribution in [2.45, 2.75) is 245 Å². The number of aliphatic hydroxyl groups excluding tert-OH is 1. The Morgan fingerprint density at radius 1 is 0.508 bits per heavy atom. The van der Waals surface area contributed by atoms with Crippen LogP contribution in [-0.2, 0) is 23.9 Å². The van der Waals surface area contributed by atoms with Crippen LogP contribution in [-0.4, -0.2) is 85.8 Å². The van der Waals surface area contributed by atoms with Crippen LogP contribution in [0.15, 0.2) is 24.3 Å². The van der Waals surface area contributed by atoms with Gasteiger partial charge in [0, 0.05) is 32.0 Å². The Morgan fingerprint density at radius 3 is 1.59 bits per heavy atom. The molecule has 8 heteroatoms. The van der Waals surface area contributed by atoms with Crippen molar-refractivity contribution in [2.24, 2.45) is 5.92 Å². The summed E-state index contributed by atoms with van der Waals surface area (Å²) in [6.45, 7) is 8.78. The van der Waals surface area contributed by atoms with Gasteiger partial charge in [-0.3, -0.25) is 14.4 Å². The van der Waals surface area contributed by atoms with Crippen LogP contribution in [0, 0.1) is 5.92 Å². The summed E-state index contributed by atoms with van der Waals surface area (Å²) in [6, 6.07) is 0.466. The predicted octanol–water partition coefficient (Wildman–Crippen LogP) is 13.9. The van der Waals surface area contributed by atoms with E-state index in [2.05, 4.69) is 57.0 Å². The van der Waals surface area contributed by atoms with E-state index in [4.69, 9.17) is 9.47 Å². The molecule has 0 aliphatic carbocycles. The van der Waals surface area contributed by atoms with Crippen LogP contribution < -0.4 is 0 Å². The van der Waals surface area contributed by atoms with E-state index in [1.165, 1.54) is 96.3 Å². The van der Waals surface area contributed by atoms with Gasteiger partial charge in [-0.2, -0.15) is 0 Å². The summed E-state index contributed by atoms with van der Waals surface area (Å²) in [5.74, 6) is -0.278. The van der Waals surface area contributed by atoms with Crippen molar-refractivity contribution in [3.63, 3.8) is 0 Å². The molecule has 0 radical (unpaired) electrons. The predicted molar refractivity (Wildman–Crippen MR) is 259 cm³/mol. The summed E-state index contributed by atoms with van der Waals surface area (Å²) in [4.78, 5) is 42.4. The fourth-order valence-corrected chi connectivity index (χ4v) is 8.09. The second kappa shape index (κ2) is 45.8. The molecule has 358 valence electrons. The van der Waals surface area contributed by atoms with E-state index in [-0.39, 0.29) is 36.9 Å². The third-order valence-electron chi connectivity index (χ3n) is 12.2. The molecule has 0 bridgehead atoms. The van der Waals surface area contributed by atoms with Crippen molar-refractivity contribution in [2.75, 3.05) is 47.0 Å². The monoisotopic (exact) mass is 861 g/mol. The molecule has 0 saturated heterocycles. The fraction of sp³-hybridized carbons (Fsp3) is 0.868. The number of unbranched alkanes of at least 4 members (excludes halogenated alkanes) is 21. The lowest BCUT2D eigenvalue weighted by Crippen LogP contribution is -2.37. The Morgan fingerprint density at radius 2 is 0.967 bits per heavy atom. The lowest BCUT2D eigenvalue weighted by Gasteiger charge is -2.28. The van der Waals surface area contributed by atoms with E-state index in [1.807, 2.05) is 0 Å². The van der Waals surface area contributed by atoms with Gasteiger partial charge >= 0.3 is 11.9 Å². The first-order valence-corrected chi connectivity index (χ1v) is 26.0. The molecule has 0 rings (SSSR count). The molecule has 1 N–H and O–H groups in total. The Hall–Kier alpha value is -2.19. The first kappa shape index (κ1) is 58.8. The van der Waals surface area contributed by atoms with Gasteiger partial charge < -0.3 is 24.4 Å². The molecule has 0 aliphatic rings. The van der Waals surface area contributed by atoms with Crippen LogP contribution >= 0.6 is 0 Å². The summed E-state index contributed by atoms with van der Waals surface area (Å²) in [6.07, 6.45) is 46.4. The number of carbonyl (C=O) groups is 3. The van der Waals surface area contributed by atoms with E-state index in [9.17, 15) is 19.5 Å². The zero-order valence-corrected chi connectivity index (χ0v) is 40.9. The zero-order chi connectivity index (χ0) is 44.9. The first-order valence-electron chi connectivity index (χ1n) is 26.0. The SMILES string of the molecule is CCCCC/C=C\C/C=C\CCCCCCCC(=O)OCCCCCC(CCCCCO)N(C)CCCCOC(=O)CN(C)C(=O)C(CCCCCC)CCCCCCCC. The molecule has 0 fully saturated rings. The molecular formula is C53H100N2O6. The van der Waals surface area contributed by atoms with E-state index >= 15 is 0 Å². The van der Waals surface area contributed by atoms with E-state index in [1.54, 1.807) is 11.9 Å². The second-order valence-corrected chi connectivity index (χ2v) is 18.0. The number of likely N-dealkylation sites (N-methyl/N-ethyl adjacent to an activating group) is 1. The van der Waals surface area contributed by atoms with Gasteiger partial charge in [-0.25, -0.2) is 0 Å². The number of ether oxygens (including phenoxy) is 2.